The van der Waals surface area contributed by atoms with E-state index in [1.807, 2.05) is 11.0 Å². The van der Waals surface area contributed by atoms with Crippen molar-refractivity contribution in [1.82, 2.24) is 29.8 Å². The normalized spacial score (nSPS) is 20.2. The number of carbonyl (C=O) groups excluding carboxylic acids is 2. The summed E-state index contributed by atoms with van der Waals surface area (Å²) in [4.78, 5) is 32.9. The molecule has 28 heavy (non-hydrogen) atoms. The minimum Gasteiger partial charge on any atom is -0.378 e. The first-order valence-corrected chi connectivity index (χ1v) is 9.68. The molecular weight excluding hydrogens is 360 g/mol. The molecule has 2 aromatic rings. The Bertz CT molecular complexity index is 818. The van der Waals surface area contributed by atoms with Gasteiger partial charge in [-0.2, -0.15) is 0 Å². The van der Waals surface area contributed by atoms with Crippen molar-refractivity contribution >= 4 is 11.8 Å². The summed E-state index contributed by atoms with van der Waals surface area (Å²) in [6, 6.07) is 5.37. The molecule has 1 atom stereocenters. The predicted molar refractivity (Wildman–Crippen MR) is 99.6 cm³/mol. The minimum atomic E-state index is -0.106. The predicted octanol–water partition coefficient (Wildman–Crippen LogP) is 0.698. The third kappa shape index (κ3) is 4.19. The maximum atomic E-state index is 12.6. The van der Waals surface area contributed by atoms with Gasteiger partial charge < -0.3 is 14.5 Å². The number of amides is 2. The molecule has 0 N–H and O–H groups in total. The van der Waals surface area contributed by atoms with Gasteiger partial charge in [0.05, 0.1) is 19.4 Å². The van der Waals surface area contributed by atoms with Crippen molar-refractivity contribution in [1.29, 1.82) is 0 Å². The molecule has 2 saturated heterocycles. The lowest BCUT2D eigenvalue weighted by atomic mass is 9.97. The van der Waals surface area contributed by atoms with E-state index in [1.54, 1.807) is 34.1 Å². The van der Waals surface area contributed by atoms with Crippen LogP contribution in [0.15, 0.2) is 30.6 Å². The van der Waals surface area contributed by atoms with Crippen LogP contribution in [0.5, 0.6) is 0 Å². The van der Waals surface area contributed by atoms with E-state index in [9.17, 15) is 9.59 Å². The van der Waals surface area contributed by atoms with E-state index in [4.69, 9.17) is 4.74 Å². The van der Waals surface area contributed by atoms with Crippen molar-refractivity contribution in [3.8, 4) is 0 Å². The van der Waals surface area contributed by atoms with Crippen LogP contribution in [-0.4, -0.2) is 81.0 Å². The van der Waals surface area contributed by atoms with Crippen LogP contribution in [0.2, 0.25) is 0 Å². The zero-order valence-electron chi connectivity index (χ0n) is 15.7. The fourth-order valence-corrected chi connectivity index (χ4v) is 3.73. The molecule has 4 heterocycles. The summed E-state index contributed by atoms with van der Waals surface area (Å²) in [5.74, 6) is 0.131. The second-order valence-electron chi connectivity index (χ2n) is 7.20. The summed E-state index contributed by atoms with van der Waals surface area (Å²) in [7, 11) is 0. The van der Waals surface area contributed by atoms with Crippen LogP contribution in [-0.2, 0) is 11.3 Å². The number of pyridine rings is 1. The van der Waals surface area contributed by atoms with Gasteiger partial charge in [0.15, 0.2) is 5.69 Å². The molecule has 0 saturated carbocycles. The van der Waals surface area contributed by atoms with Crippen molar-refractivity contribution in [2.75, 3.05) is 39.4 Å². The first kappa shape index (κ1) is 18.5. The number of nitrogens with zero attached hydrogens (tertiary/aromatic N) is 6. The molecule has 0 spiro atoms. The Morgan fingerprint density at radius 3 is 2.68 bits per heavy atom. The van der Waals surface area contributed by atoms with Crippen LogP contribution in [0.1, 0.15) is 33.8 Å². The number of hydrogen-bond acceptors (Lipinski definition) is 6. The van der Waals surface area contributed by atoms with Crippen LogP contribution in [0.3, 0.4) is 0 Å². The number of ether oxygens (including phenoxy) is 1. The van der Waals surface area contributed by atoms with E-state index in [0.29, 0.717) is 50.8 Å². The maximum absolute atomic E-state index is 12.6. The molecule has 9 heteroatoms. The number of rotatable bonds is 4. The van der Waals surface area contributed by atoms with Crippen molar-refractivity contribution < 1.29 is 14.3 Å². The summed E-state index contributed by atoms with van der Waals surface area (Å²) in [5, 5.41) is 8.18. The fourth-order valence-electron chi connectivity index (χ4n) is 3.73. The molecule has 0 bridgehead atoms. The van der Waals surface area contributed by atoms with Gasteiger partial charge in [0.1, 0.15) is 5.69 Å². The number of aromatic nitrogens is 4. The largest absolute Gasteiger partial charge is 0.378 e. The van der Waals surface area contributed by atoms with Gasteiger partial charge in [-0.25, -0.2) is 0 Å². The molecule has 2 aliphatic heterocycles. The Morgan fingerprint density at radius 1 is 1.07 bits per heavy atom. The first-order chi connectivity index (χ1) is 13.7. The second-order valence-corrected chi connectivity index (χ2v) is 7.20. The number of likely N-dealkylation sites (tertiary alicyclic amines) is 1. The molecule has 2 fully saturated rings. The van der Waals surface area contributed by atoms with Gasteiger partial charge in [-0.15, -0.1) is 5.10 Å². The SMILES string of the molecule is O=C(c1ccccn1)N1CCC[C@@H](Cn2cc(C(=O)N3CCOCC3)nn2)C1. The van der Waals surface area contributed by atoms with E-state index in [2.05, 4.69) is 15.3 Å². The van der Waals surface area contributed by atoms with Crippen LogP contribution in [0.25, 0.3) is 0 Å². The number of piperidine rings is 1. The van der Waals surface area contributed by atoms with Gasteiger partial charge in [-0.3, -0.25) is 19.3 Å². The van der Waals surface area contributed by atoms with E-state index in [-0.39, 0.29) is 17.7 Å². The molecule has 0 unspecified atom stereocenters. The van der Waals surface area contributed by atoms with E-state index < -0.39 is 0 Å². The molecule has 2 aliphatic rings. The Labute approximate surface area is 163 Å². The third-order valence-electron chi connectivity index (χ3n) is 5.19. The molecular formula is C19H24N6O3. The molecule has 4 rings (SSSR count). The molecule has 0 radical (unpaired) electrons. The molecule has 0 aliphatic carbocycles. The molecule has 0 aromatic carbocycles. The topological polar surface area (TPSA) is 93.5 Å². The van der Waals surface area contributed by atoms with E-state index in [0.717, 1.165) is 19.4 Å². The standard InChI is InChI=1S/C19H24N6O3/c26-18(16-5-1-2-6-20-16)24-7-3-4-15(12-24)13-25-14-17(21-22-25)19(27)23-8-10-28-11-9-23/h1-2,5-6,14-15H,3-4,7-13H2/t15-/m1/s1. The Balaban J connectivity index is 1.36. The monoisotopic (exact) mass is 384 g/mol. The number of hydrogen-bond donors (Lipinski definition) is 0. The highest BCUT2D eigenvalue weighted by atomic mass is 16.5. The highest BCUT2D eigenvalue weighted by molar-refractivity contribution is 5.92. The lowest BCUT2D eigenvalue weighted by Gasteiger charge is -2.32. The average Bonchev–Trinajstić information content (AvgIpc) is 3.22. The summed E-state index contributed by atoms with van der Waals surface area (Å²) < 4.78 is 7.00. The van der Waals surface area contributed by atoms with Crippen molar-refractivity contribution in [3.05, 3.63) is 42.0 Å². The number of carbonyl (C=O) groups is 2. The van der Waals surface area contributed by atoms with Crippen molar-refractivity contribution in [3.63, 3.8) is 0 Å². The van der Waals surface area contributed by atoms with Crippen LogP contribution < -0.4 is 0 Å². The zero-order chi connectivity index (χ0) is 19.3. The lowest BCUT2D eigenvalue weighted by molar-refractivity contribution is 0.0299. The second kappa shape index (κ2) is 8.47. The van der Waals surface area contributed by atoms with E-state index in [1.165, 1.54) is 0 Å². The molecule has 2 aromatic heterocycles. The van der Waals surface area contributed by atoms with Gasteiger partial charge in [0, 0.05) is 38.9 Å². The zero-order valence-corrected chi connectivity index (χ0v) is 15.7. The Morgan fingerprint density at radius 2 is 1.89 bits per heavy atom. The van der Waals surface area contributed by atoms with Crippen molar-refractivity contribution in [2.24, 2.45) is 5.92 Å². The smallest absolute Gasteiger partial charge is 0.276 e. The van der Waals surface area contributed by atoms with Crippen molar-refractivity contribution in [2.45, 2.75) is 19.4 Å². The average molecular weight is 384 g/mol. The summed E-state index contributed by atoms with van der Waals surface area (Å²) >= 11 is 0. The summed E-state index contributed by atoms with van der Waals surface area (Å²) in [6.07, 6.45) is 5.30. The first-order valence-electron chi connectivity index (χ1n) is 9.68. The molecule has 9 nitrogen and oxygen atoms in total. The summed E-state index contributed by atoms with van der Waals surface area (Å²) in [5.41, 5.74) is 0.835. The van der Waals surface area contributed by atoms with E-state index >= 15 is 0 Å². The quantitative estimate of drug-likeness (QED) is 0.770. The minimum absolute atomic E-state index is 0.0351. The van der Waals surface area contributed by atoms with Crippen LogP contribution in [0.4, 0.5) is 0 Å². The third-order valence-corrected chi connectivity index (χ3v) is 5.19. The van der Waals surface area contributed by atoms with Gasteiger partial charge >= 0.3 is 0 Å². The van der Waals surface area contributed by atoms with Crippen LogP contribution >= 0.6 is 0 Å². The molecule has 148 valence electrons. The van der Waals surface area contributed by atoms with Gasteiger partial charge in [0.25, 0.3) is 11.8 Å². The van der Waals surface area contributed by atoms with Gasteiger partial charge in [-0.1, -0.05) is 11.3 Å². The van der Waals surface area contributed by atoms with Gasteiger partial charge in [0.2, 0.25) is 0 Å². The van der Waals surface area contributed by atoms with Crippen LogP contribution in [0, 0.1) is 5.92 Å². The fraction of sp³-hybridized carbons (Fsp3) is 0.526. The number of morpholine rings is 1. The Hall–Kier alpha value is -2.81. The highest BCUT2D eigenvalue weighted by Gasteiger charge is 2.26. The maximum Gasteiger partial charge on any atom is 0.276 e. The van der Waals surface area contributed by atoms with Gasteiger partial charge in [-0.05, 0) is 30.9 Å². The lowest BCUT2D eigenvalue weighted by Crippen LogP contribution is -2.41. The summed E-state index contributed by atoms with van der Waals surface area (Å²) in [6.45, 7) is 4.31. The Kier molecular flexibility index (Phi) is 5.61. The highest BCUT2D eigenvalue weighted by Crippen LogP contribution is 2.20. The molecule has 2 amide bonds.